The maximum atomic E-state index is 12.3. The van der Waals surface area contributed by atoms with Crippen LogP contribution in [0.25, 0.3) is 0 Å². The average molecular weight is 282 g/mol. The molecular weight excluding hydrogens is 260 g/mol. The summed E-state index contributed by atoms with van der Waals surface area (Å²) < 4.78 is 27.4. The van der Waals surface area contributed by atoms with Crippen molar-refractivity contribution in [3.05, 3.63) is 23.8 Å². The number of hydrogen-bond acceptors (Lipinski definition) is 3. The summed E-state index contributed by atoms with van der Waals surface area (Å²) in [6.45, 7) is 6.59. The Morgan fingerprint density at radius 1 is 1.37 bits per heavy atom. The second-order valence-electron chi connectivity index (χ2n) is 5.87. The van der Waals surface area contributed by atoms with Crippen molar-refractivity contribution in [3.63, 3.8) is 0 Å². The summed E-state index contributed by atoms with van der Waals surface area (Å²) >= 11 is 0. The predicted molar refractivity (Wildman–Crippen MR) is 77.3 cm³/mol. The Morgan fingerprint density at radius 2 is 2.00 bits per heavy atom. The van der Waals surface area contributed by atoms with Gasteiger partial charge in [-0.05, 0) is 54.9 Å². The van der Waals surface area contributed by atoms with Gasteiger partial charge in [-0.2, -0.15) is 0 Å². The molecule has 1 aromatic carbocycles. The van der Waals surface area contributed by atoms with Gasteiger partial charge < -0.3 is 5.73 Å². The first kappa shape index (κ1) is 14.3. The van der Waals surface area contributed by atoms with Crippen molar-refractivity contribution in [1.82, 2.24) is 4.72 Å². The molecule has 106 valence electrons. The first-order valence-corrected chi connectivity index (χ1v) is 8.11. The van der Waals surface area contributed by atoms with Crippen LogP contribution in [0.5, 0.6) is 0 Å². The minimum Gasteiger partial charge on any atom is -0.399 e. The van der Waals surface area contributed by atoms with Gasteiger partial charge >= 0.3 is 0 Å². The number of nitrogens with one attached hydrogen (secondary N) is 1. The van der Waals surface area contributed by atoms with Crippen LogP contribution >= 0.6 is 0 Å². The summed E-state index contributed by atoms with van der Waals surface area (Å²) in [5.74, 6) is 0.503. The summed E-state index contributed by atoms with van der Waals surface area (Å²) in [6.07, 6.45) is 2.21. The number of benzene rings is 1. The second-order valence-corrected chi connectivity index (χ2v) is 7.60. The van der Waals surface area contributed by atoms with E-state index in [1.165, 1.54) is 0 Å². The Hall–Kier alpha value is -1.07. The minimum atomic E-state index is -3.44. The van der Waals surface area contributed by atoms with Crippen LogP contribution in [-0.4, -0.2) is 15.0 Å². The first-order chi connectivity index (χ1) is 8.77. The molecule has 0 aromatic heterocycles. The van der Waals surface area contributed by atoms with Crippen molar-refractivity contribution < 1.29 is 8.42 Å². The van der Waals surface area contributed by atoms with E-state index in [0.717, 1.165) is 12.8 Å². The lowest BCUT2D eigenvalue weighted by atomic mass is 9.93. The minimum absolute atomic E-state index is 0.161. The second kappa shape index (κ2) is 4.80. The maximum absolute atomic E-state index is 12.3. The smallest absolute Gasteiger partial charge is 0.240 e. The lowest BCUT2D eigenvalue weighted by Crippen LogP contribution is -2.33. The largest absolute Gasteiger partial charge is 0.399 e. The van der Waals surface area contributed by atoms with E-state index in [-0.39, 0.29) is 5.41 Å². The number of hydrogen-bond donors (Lipinski definition) is 2. The van der Waals surface area contributed by atoms with Crippen molar-refractivity contribution in [1.29, 1.82) is 0 Å². The Bertz CT molecular complexity index is 575. The third kappa shape index (κ3) is 2.92. The summed E-state index contributed by atoms with van der Waals surface area (Å²) in [5, 5.41) is 0. The van der Waals surface area contributed by atoms with Gasteiger partial charge in [-0.3, -0.25) is 0 Å². The van der Waals surface area contributed by atoms with E-state index in [9.17, 15) is 8.42 Å². The topological polar surface area (TPSA) is 72.2 Å². The molecule has 0 radical (unpaired) electrons. The molecule has 4 nitrogen and oxygen atoms in total. The fraction of sp³-hybridized carbons (Fsp3) is 0.571. The highest BCUT2D eigenvalue weighted by molar-refractivity contribution is 7.89. The number of rotatable bonds is 5. The van der Waals surface area contributed by atoms with Crippen LogP contribution in [-0.2, 0) is 10.0 Å². The summed E-state index contributed by atoms with van der Waals surface area (Å²) in [5.41, 5.74) is 7.07. The Balaban J connectivity index is 2.15. The molecule has 0 atom stereocenters. The van der Waals surface area contributed by atoms with E-state index < -0.39 is 10.0 Å². The van der Waals surface area contributed by atoms with Crippen LogP contribution in [0.2, 0.25) is 0 Å². The van der Waals surface area contributed by atoms with Gasteiger partial charge in [-0.25, -0.2) is 13.1 Å². The van der Waals surface area contributed by atoms with Crippen LogP contribution < -0.4 is 10.5 Å². The fourth-order valence-corrected chi connectivity index (χ4v) is 3.77. The van der Waals surface area contributed by atoms with Crippen LogP contribution in [0.4, 0.5) is 5.69 Å². The van der Waals surface area contributed by atoms with Gasteiger partial charge in [-0.15, -0.1) is 0 Å². The normalized spacial score (nSPS) is 17.7. The molecule has 0 bridgehead atoms. The highest BCUT2D eigenvalue weighted by atomic mass is 32.2. The van der Waals surface area contributed by atoms with Gasteiger partial charge in [0, 0.05) is 12.2 Å². The van der Waals surface area contributed by atoms with E-state index in [0.29, 0.717) is 28.6 Å². The number of aryl methyl sites for hydroxylation is 1. The monoisotopic (exact) mass is 282 g/mol. The van der Waals surface area contributed by atoms with Gasteiger partial charge in [0.15, 0.2) is 0 Å². The molecule has 0 unspecified atom stereocenters. The third-order valence-electron chi connectivity index (χ3n) is 4.22. The molecule has 1 fully saturated rings. The van der Waals surface area contributed by atoms with E-state index in [2.05, 4.69) is 18.6 Å². The van der Waals surface area contributed by atoms with Gasteiger partial charge in [0.05, 0.1) is 4.90 Å². The summed E-state index contributed by atoms with van der Waals surface area (Å²) in [6, 6.07) is 4.88. The molecule has 5 heteroatoms. The molecule has 19 heavy (non-hydrogen) atoms. The standard InChI is InChI=1S/C14H22N2O2S/c1-10(2)14(6-7-14)9-16-19(17,18)13-5-4-12(15)8-11(13)3/h4-5,8,10,16H,6-7,9,15H2,1-3H3. The van der Waals surface area contributed by atoms with Gasteiger partial charge in [0.1, 0.15) is 0 Å². The lowest BCUT2D eigenvalue weighted by Gasteiger charge is -2.20. The molecule has 0 spiro atoms. The quantitative estimate of drug-likeness (QED) is 0.814. The molecule has 1 saturated carbocycles. The van der Waals surface area contributed by atoms with Crippen molar-refractivity contribution in [2.24, 2.45) is 11.3 Å². The number of sulfonamides is 1. The fourth-order valence-electron chi connectivity index (χ4n) is 2.41. The molecule has 1 aromatic rings. The SMILES string of the molecule is Cc1cc(N)ccc1S(=O)(=O)NCC1(C(C)C)CC1. The van der Waals surface area contributed by atoms with Gasteiger partial charge in [0.2, 0.25) is 10.0 Å². The van der Waals surface area contributed by atoms with E-state index in [1.807, 2.05) is 0 Å². The van der Waals surface area contributed by atoms with Crippen LogP contribution in [0, 0.1) is 18.3 Å². The molecule has 3 N–H and O–H groups in total. The molecule has 0 aliphatic heterocycles. The zero-order valence-electron chi connectivity index (χ0n) is 11.7. The third-order valence-corrected chi connectivity index (χ3v) is 5.78. The zero-order valence-corrected chi connectivity index (χ0v) is 12.5. The van der Waals surface area contributed by atoms with Crippen LogP contribution in [0.15, 0.2) is 23.1 Å². The van der Waals surface area contributed by atoms with Crippen molar-refractivity contribution >= 4 is 15.7 Å². The van der Waals surface area contributed by atoms with Crippen molar-refractivity contribution in [2.45, 2.75) is 38.5 Å². The summed E-state index contributed by atoms with van der Waals surface area (Å²) in [7, 11) is -3.44. The van der Waals surface area contributed by atoms with Crippen LogP contribution in [0.1, 0.15) is 32.3 Å². The molecule has 2 rings (SSSR count). The summed E-state index contributed by atoms with van der Waals surface area (Å²) in [4.78, 5) is 0.321. The maximum Gasteiger partial charge on any atom is 0.240 e. The number of nitrogens with two attached hydrogens (primary N) is 1. The van der Waals surface area contributed by atoms with E-state index in [1.54, 1.807) is 25.1 Å². The average Bonchev–Trinajstić information content (AvgIpc) is 3.07. The van der Waals surface area contributed by atoms with Crippen molar-refractivity contribution in [2.75, 3.05) is 12.3 Å². The Labute approximate surface area is 115 Å². The van der Waals surface area contributed by atoms with E-state index in [4.69, 9.17) is 5.73 Å². The molecular formula is C14H22N2O2S. The number of anilines is 1. The van der Waals surface area contributed by atoms with Gasteiger partial charge in [0.25, 0.3) is 0 Å². The van der Waals surface area contributed by atoms with Gasteiger partial charge in [-0.1, -0.05) is 13.8 Å². The lowest BCUT2D eigenvalue weighted by molar-refractivity contribution is 0.357. The van der Waals surface area contributed by atoms with E-state index >= 15 is 0 Å². The first-order valence-electron chi connectivity index (χ1n) is 6.63. The molecule has 1 aliphatic rings. The molecule has 0 saturated heterocycles. The highest BCUT2D eigenvalue weighted by Crippen LogP contribution is 2.51. The molecule has 0 amide bonds. The predicted octanol–water partition coefficient (Wildman–Crippen LogP) is 2.29. The Kier molecular flexibility index (Phi) is 3.62. The van der Waals surface area contributed by atoms with Crippen molar-refractivity contribution in [3.8, 4) is 0 Å². The zero-order chi connectivity index (χ0) is 14.3. The molecule has 1 aliphatic carbocycles. The highest BCUT2D eigenvalue weighted by Gasteiger charge is 2.45. The van der Waals surface area contributed by atoms with Crippen LogP contribution in [0.3, 0.4) is 0 Å². The molecule has 0 heterocycles. The number of nitrogen functional groups attached to an aromatic ring is 1. The Morgan fingerprint density at radius 3 is 2.47 bits per heavy atom.